The fourth-order valence-electron chi connectivity index (χ4n) is 2.97. The van der Waals surface area contributed by atoms with Crippen LogP contribution in [-0.4, -0.2) is 26.4 Å². The van der Waals surface area contributed by atoms with Crippen LogP contribution >= 0.6 is 15.9 Å². The molecule has 0 spiro atoms. The summed E-state index contributed by atoms with van der Waals surface area (Å²) in [5, 5.41) is 23.3. The van der Waals surface area contributed by atoms with Crippen molar-refractivity contribution in [3.05, 3.63) is 92.0 Å². The van der Waals surface area contributed by atoms with E-state index in [9.17, 15) is 28.6 Å². The highest BCUT2D eigenvalue weighted by molar-refractivity contribution is 9.10. The first-order valence-corrected chi connectivity index (χ1v) is 12.3. The first-order valence-electron chi connectivity index (χ1n) is 10.1. The lowest BCUT2D eigenvalue weighted by Gasteiger charge is -2.11. The number of aryl methyl sites for hydroxylation is 1. The Kier molecular flexibility index (Phi) is 8.08. The van der Waals surface area contributed by atoms with Gasteiger partial charge < -0.3 is 14.2 Å². The molecule has 1 amide bonds. The van der Waals surface area contributed by atoms with Crippen LogP contribution in [0.15, 0.2) is 75.6 Å². The molecule has 12 heteroatoms. The molecular formula is C24H18BrN3O7S. The molecule has 0 radical (unpaired) electrons. The number of hydrogen-bond donors (Lipinski definition) is 1. The summed E-state index contributed by atoms with van der Waals surface area (Å²) < 4.78 is 36.3. The van der Waals surface area contributed by atoms with Gasteiger partial charge in [0.2, 0.25) is 0 Å². The number of nitriles is 1. The Bertz CT molecular complexity index is 1510. The third-order valence-electron chi connectivity index (χ3n) is 4.80. The number of benzene rings is 3. The average molecular weight is 572 g/mol. The predicted octanol–water partition coefficient (Wildman–Crippen LogP) is 4.99. The third kappa shape index (κ3) is 6.26. The van der Waals surface area contributed by atoms with Crippen LogP contribution in [0.2, 0.25) is 0 Å². The van der Waals surface area contributed by atoms with Gasteiger partial charge in [0.25, 0.3) is 11.6 Å². The summed E-state index contributed by atoms with van der Waals surface area (Å²) in [4.78, 5) is 23.4. The number of rotatable bonds is 8. The largest absolute Gasteiger partial charge is 0.496 e. The van der Waals surface area contributed by atoms with Crippen molar-refractivity contribution >= 4 is 49.4 Å². The van der Waals surface area contributed by atoms with E-state index >= 15 is 0 Å². The summed E-state index contributed by atoms with van der Waals surface area (Å²) in [5.74, 6) is -0.866. The summed E-state index contributed by atoms with van der Waals surface area (Å²) >= 11 is 3.27. The third-order valence-corrected chi connectivity index (χ3v) is 6.54. The van der Waals surface area contributed by atoms with E-state index in [-0.39, 0.29) is 27.6 Å². The van der Waals surface area contributed by atoms with Crippen LogP contribution in [-0.2, 0) is 14.9 Å². The quantitative estimate of drug-likeness (QED) is 0.131. The lowest BCUT2D eigenvalue weighted by molar-refractivity contribution is -0.384. The second-order valence-corrected chi connectivity index (χ2v) is 9.76. The average Bonchev–Trinajstić information content (AvgIpc) is 2.84. The molecule has 0 saturated carbocycles. The van der Waals surface area contributed by atoms with E-state index in [1.54, 1.807) is 18.2 Å². The predicted molar refractivity (Wildman–Crippen MR) is 135 cm³/mol. The van der Waals surface area contributed by atoms with E-state index in [1.165, 1.54) is 49.6 Å². The second-order valence-electron chi connectivity index (χ2n) is 7.30. The summed E-state index contributed by atoms with van der Waals surface area (Å²) in [5.41, 5.74) is -0.0648. The molecule has 1 N–H and O–H groups in total. The Morgan fingerprint density at radius 2 is 1.83 bits per heavy atom. The van der Waals surface area contributed by atoms with Crippen molar-refractivity contribution in [2.45, 2.75) is 11.8 Å². The molecule has 0 heterocycles. The number of nitro benzene ring substituents is 1. The normalized spacial score (nSPS) is 11.3. The van der Waals surface area contributed by atoms with Crippen LogP contribution in [0.3, 0.4) is 0 Å². The first kappa shape index (κ1) is 26.4. The van der Waals surface area contributed by atoms with Crippen LogP contribution in [0.25, 0.3) is 6.08 Å². The topological polar surface area (TPSA) is 149 Å². The van der Waals surface area contributed by atoms with Crippen LogP contribution in [0.1, 0.15) is 11.1 Å². The Morgan fingerprint density at radius 1 is 1.14 bits per heavy atom. The molecule has 3 aromatic carbocycles. The smallest absolute Gasteiger partial charge is 0.339 e. The lowest BCUT2D eigenvalue weighted by atomic mass is 10.1. The number of nitrogens with zero attached hydrogens (tertiary/aromatic N) is 2. The highest BCUT2D eigenvalue weighted by atomic mass is 79.9. The number of carbonyl (C=O) groups is 1. The van der Waals surface area contributed by atoms with Crippen molar-refractivity contribution in [2.75, 3.05) is 12.4 Å². The first-order chi connectivity index (χ1) is 17.0. The number of anilines is 1. The van der Waals surface area contributed by atoms with E-state index in [0.717, 1.165) is 17.7 Å². The molecule has 3 aromatic rings. The molecule has 184 valence electrons. The number of amides is 1. The van der Waals surface area contributed by atoms with E-state index in [2.05, 4.69) is 21.2 Å². The zero-order chi connectivity index (χ0) is 26.5. The molecule has 10 nitrogen and oxygen atoms in total. The Hall–Kier alpha value is -4.21. The number of methoxy groups -OCH3 is 1. The Balaban J connectivity index is 1.96. The Morgan fingerprint density at radius 3 is 2.44 bits per heavy atom. The molecule has 0 unspecified atom stereocenters. The Labute approximate surface area is 215 Å². The number of halogens is 1. The minimum atomic E-state index is -4.21. The monoisotopic (exact) mass is 571 g/mol. The maximum absolute atomic E-state index is 12.8. The molecule has 36 heavy (non-hydrogen) atoms. The van der Waals surface area contributed by atoms with E-state index in [0.29, 0.717) is 4.47 Å². The van der Waals surface area contributed by atoms with Crippen molar-refractivity contribution in [1.82, 2.24) is 0 Å². The molecule has 0 atom stereocenters. The maximum Gasteiger partial charge on any atom is 0.339 e. The van der Waals surface area contributed by atoms with E-state index < -0.39 is 32.2 Å². The van der Waals surface area contributed by atoms with Crippen molar-refractivity contribution in [1.29, 1.82) is 5.26 Å². The lowest BCUT2D eigenvalue weighted by Crippen LogP contribution is -2.15. The molecule has 3 rings (SSSR count). The van der Waals surface area contributed by atoms with Gasteiger partial charge >= 0.3 is 10.1 Å². The summed E-state index contributed by atoms with van der Waals surface area (Å²) in [6.45, 7) is 1.81. The van der Waals surface area contributed by atoms with Crippen molar-refractivity contribution < 1.29 is 27.1 Å². The van der Waals surface area contributed by atoms with Crippen LogP contribution in [0, 0.1) is 28.4 Å². The number of nitro groups is 1. The van der Waals surface area contributed by atoms with Crippen LogP contribution in [0.5, 0.6) is 11.5 Å². The van der Waals surface area contributed by atoms with Crippen molar-refractivity contribution in [3.8, 4) is 17.6 Å². The second kappa shape index (κ2) is 11.0. The molecule has 0 saturated heterocycles. The van der Waals surface area contributed by atoms with Crippen LogP contribution < -0.4 is 14.2 Å². The van der Waals surface area contributed by atoms with Gasteiger partial charge in [-0.05, 0) is 55.5 Å². The fourth-order valence-corrected chi connectivity index (χ4v) is 4.30. The SMILES string of the molecule is COc1ccc(NC(=O)/C(C#N)=C/c2cc(Br)ccc2OS(=O)(=O)c2ccc(C)cc2)c([N+](=O)[O-])c1. The molecule has 0 aromatic heterocycles. The molecule has 0 aliphatic rings. The zero-order valence-electron chi connectivity index (χ0n) is 18.9. The molecular weight excluding hydrogens is 554 g/mol. The van der Waals surface area contributed by atoms with E-state index in [4.69, 9.17) is 8.92 Å². The van der Waals surface area contributed by atoms with Gasteiger partial charge in [-0.2, -0.15) is 13.7 Å². The van der Waals surface area contributed by atoms with Gasteiger partial charge in [0.1, 0.15) is 33.7 Å². The highest BCUT2D eigenvalue weighted by Gasteiger charge is 2.21. The van der Waals surface area contributed by atoms with Gasteiger partial charge in [0.05, 0.1) is 18.1 Å². The van der Waals surface area contributed by atoms with Gasteiger partial charge in [-0.1, -0.05) is 33.6 Å². The minimum Gasteiger partial charge on any atom is -0.496 e. The maximum atomic E-state index is 12.8. The number of hydrogen-bond acceptors (Lipinski definition) is 8. The highest BCUT2D eigenvalue weighted by Crippen LogP contribution is 2.31. The van der Waals surface area contributed by atoms with Crippen molar-refractivity contribution in [3.63, 3.8) is 0 Å². The summed E-state index contributed by atoms with van der Waals surface area (Å²) in [6, 6.07) is 15.9. The van der Waals surface area contributed by atoms with Gasteiger partial charge in [-0.3, -0.25) is 14.9 Å². The fraction of sp³-hybridized carbons (Fsp3) is 0.0833. The molecule has 0 aliphatic carbocycles. The van der Waals surface area contributed by atoms with Gasteiger partial charge in [-0.15, -0.1) is 0 Å². The van der Waals surface area contributed by atoms with Crippen molar-refractivity contribution in [2.24, 2.45) is 0 Å². The zero-order valence-corrected chi connectivity index (χ0v) is 21.3. The molecule has 0 fully saturated rings. The molecule has 0 aliphatic heterocycles. The van der Waals surface area contributed by atoms with Crippen LogP contribution in [0.4, 0.5) is 11.4 Å². The van der Waals surface area contributed by atoms with Gasteiger partial charge in [0, 0.05) is 10.0 Å². The summed E-state index contributed by atoms with van der Waals surface area (Å²) in [7, 11) is -2.88. The molecule has 0 bridgehead atoms. The number of ether oxygens (including phenoxy) is 1. The minimum absolute atomic E-state index is 0.0731. The van der Waals surface area contributed by atoms with E-state index in [1.807, 2.05) is 6.92 Å². The number of carbonyl (C=O) groups excluding carboxylic acids is 1. The number of nitrogens with one attached hydrogen (secondary N) is 1. The standard InChI is InChI=1S/C24H18BrN3O7S/c1-15-3-7-20(8-4-15)36(32,33)35-23-10-5-18(25)12-16(23)11-17(14-26)24(29)27-21-9-6-19(34-2)13-22(21)28(30)31/h3-13H,1-2H3,(H,27,29)/b17-11+. The van der Waals surface area contributed by atoms with Gasteiger partial charge in [-0.25, -0.2) is 0 Å². The van der Waals surface area contributed by atoms with Gasteiger partial charge in [0.15, 0.2) is 0 Å². The summed E-state index contributed by atoms with van der Waals surface area (Å²) in [6.07, 6.45) is 1.12.